The highest BCUT2D eigenvalue weighted by Gasteiger charge is 2.34. The summed E-state index contributed by atoms with van der Waals surface area (Å²) >= 11 is 5.88. The van der Waals surface area contributed by atoms with Crippen LogP contribution in [0.4, 0.5) is 0 Å². The number of nitrogens with zero attached hydrogens (tertiary/aromatic N) is 1. The Hall–Kier alpha value is -1.86. The van der Waals surface area contributed by atoms with Gasteiger partial charge in [0.05, 0.1) is 11.5 Å². The molecule has 1 fully saturated rings. The Morgan fingerprint density at radius 2 is 2.12 bits per heavy atom. The summed E-state index contributed by atoms with van der Waals surface area (Å²) in [7, 11) is -1.50. The van der Waals surface area contributed by atoms with Crippen molar-refractivity contribution in [1.82, 2.24) is 10.2 Å². The van der Waals surface area contributed by atoms with Crippen LogP contribution in [0, 0.1) is 0 Å². The lowest BCUT2D eigenvalue weighted by Gasteiger charge is -2.26. The number of rotatable bonds is 5. The van der Waals surface area contributed by atoms with Gasteiger partial charge in [0.2, 0.25) is 11.8 Å². The highest BCUT2D eigenvalue weighted by Crippen LogP contribution is 2.17. The quantitative estimate of drug-likeness (QED) is 0.780. The Kier molecular flexibility index (Phi) is 6.24. The Morgan fingerprint density at radius 1 is 1.40 bits per heavy atom. The van der Waals surface area contributed by atoms with E-state index in [9.17, 15) is 18.0 Å². The van der Waals surface area contributed by atoms with Gasteiger partial charge in [0.1, 0.15) is 6.04 Å². The maximum absolute atomic E-state index is 12.4. The lowest BCUT2D eigenvalue weighted by molar-refractivity contribution is -0.135. The van der Waals surface area contributed by atoms with Gasteiger partial charge in [0.15, 0.2) is 9.84 Å². The van der Waals surface area contributed by atoms with Crippen LogP contribution in [0.3, 0.4) is 0 Å². The molecule has 8 heteroatoms. The van der Waals surface area contributed by atoms with Crippen LogP contribution < -0.4 is 5.32 Å². The van der Waals surface area contributed by atoms with Crippen LogP contribution in [0.15, 0.2) is 30.3 Å². The Labute approximate surface area is 152 Å². The maximum atomic E-state index is 12.4. The first-order valence-electron chi connectivity index (χ1n) is 7.89. The molecule has 25 heavy (non-hydrogen) atoms. The van der Waals surface area contributed by atoms with Gasteiger partial charge in [-0.1, -0.05) is 23.7 Å². The fourth-order valence-electron chi connectivity index (χ4n) is 2.67. The van der Waals surface area contributed by atoms with Gasteiger partial charge in [-0.05, 0) is 37.1 Å². The monoisotopic (exact) mass is 384 g/mol. The summed E-state index contributed by atoms with van der Waals surface area (Å²) in [6, 6.07) is 5.95. The van der Waals surface area contributed by atoms with E-state index in [1.165, 1.54) is 11.0 Å². The van der Waals surface area contributed by atoms with Gasteiger partial charge in [0, 0.05) is 24.2 Å². The SMILES string of the molecule is C[C@@H](NC(=O)/C=C/c1cccc(Cl)c1)C(=O)N(C)C1CCS(=O)(=O)C1. The van der Waals surface area contributed by atoms with Crippen LogP contribution in [0.25, 0.3) is 6.08 Å². The molecule has 1 saturated heterocycles. The number of amides is 2. The number of halogens is 1. The summed E-state index contributed by atoms with van der Waals surface area (Å²) in [6.45, 7) is 1.58. The highest BCUT2D eigenvalue weighted by atomic mass is 35.5. The molecule has 0 radical (unpaired) electrons. The summed E-state index contributed by atoms with van der Waals surface area (Å²) in [5.74, 6) is -0.650. The van der Waals surface area contributed by atoms with Gasteiger partial charge < -0.3 is 10.2 Å². The first-order valence-corrected chi connectivity index (χ1v) is 10.1. The smallest absolute Gasteiger partial charge is 0.244 e. The van der Waals surface area contributed by atoms with Crippen molar-refractivity contribution >= 4 is 39.3 Å². The first kappa shape index (κ1) is 19.5. The second-order valence-electron chi connectivity index (χ2n) is 6.12. The molecule has 1 aromatic rings. The molecule has 0 bridgehead atoms. The third kappa shape index (κ3) is 5.57. The largest absolute Gasteiger partial charge is 0.341 e. The molecule has 136 valence electrons. The molecular formula is C17H21ClN2O4S. The average Bonchev–Trinajstić information content (AvgIpc) is 2.91. The van der Waals surface area contributed by atoms with Crippen molar-refractivity contribution in [1.29, 1.82) is 0 Å². The molecule has 1 aromatic carbocycles. The van der Waals surface area contributed by atoms with Crippen molar-refractivity contribution in [2.45, 2.75) is 25.4 Å². The zero-order valence-electron chi connectivity index (χ0n) is 14.1. The maximum Gasteiger partial charge on any atom is 0.244 e. The second kappa shape index (κ2) is 8.01. The zero-order valence-corrected chi connectivity index (χ0v) is 15.7. The third-order valence-corrected chi connectivity index (χ3v) is 6.09. The summed E-state index contributed by atoms with van der Waals surface area (Å²) in [4.78, 5) is 25.7. The number of hydrogen-bond donors (Lipinski definition) is 1. The number of likely N-dealkylation sites (N-methyl/N-ethyl adjacent to an activating group) is 1. The van der Waals surface area contributed by atoms with E-state index < -0.39 is 21.8 Å². The molecule has 2 atom stereocenters. The molecule has 0 saturated carbocycles. The van der Waals surface area contributed by atoms with E-state index in [2.05, 4.69) is 5.32 Å². The van der Waals surface area contributed by atoms with Crippen molar-refractivity contribution in [2.75, 3.05) is 18.6 Å². The first-order chi connectivity index (χ1) is 11.7. The van der Waals surface area contributed by atoms with Gasteiger partial charge in [-0.2, -0.15) is 0 Å². The van der Waals surface area contributed by atoms with Crippen molar-refractivity contribution in [2.24, 2.45) is 0 Å². The zero-order chi connectivity index (χ0) is 18.6. The van der Waals surface area contributed by atoms with Crippen molar-refractivity contribution in [3.05, 3.63) is 40.9 Å². The standard InChI is InChI=1S/C17H21ClN2O4S/c1-12(17(22)20(2)15-8-9-25(23,24)11-15)19-16(21)7-6-13-4-3-5-14(18)10-13/h3-7,10,12,15H,8-9,11H2,1-2H3,(H,19,21)/b7-6+/t12-,15?/m1/s1. The van der Waals surface area contributed by atoms with E-state index in [1.807, 2.05) is 0 Å². The van der Waals surface area contributed by atoms with Gasteiger partial charge in [-0.25, -0.2) is 8.42 Å². The minimum atomic E-state index is -3.07. The molecule has 1 heterocycles. The van der Waals surface area contributed by atoms with Gasteiger partial charge in [-0.15, -0.1) is 0 Å². The summed E-state index contributed by atoms with van der Waals surface area (Å²) in [5, 5.41) is 3.16. The summed E-state index contributed by atoms with van der Waals surface area (Å²) < 4.78 is 23.1. The Bertz CT molecular complexity index is 792. The topological polar surface area (TPSA) is 83.6 Å². The second-order valence-corrected chi connectivity index (χ2v) is 8.79. The lowest BCUT2D eigenvalue weighted by atomic mass is 10.2. The minimum absolute atomic E-state index is 0.0232. The predicted molar refractivity (Wildman–Crippen MR) is 97.9 cm³/mol. The molecule has 1 aliphatic rings. The molecule has 0 aromatic heterocycles. The van der Waals surface area contributed by atoms with E-state index in [1.54, 1.807) is 44.3 Å². The Balaban J connectivity index is 1.90. The van der Waals surface area contributed by atoms with Gasteiger partial charge in [0.25, 0.3) is 0 Å². The van der Waals surface area contributed by atoms with Crippen LogP contribution >= 0.6 is 11.6 Å². The van der Waals surface area contributed by atoms with Crippen molar-refractivity contribution in [3.8, 4) is 0 Å². The summed E-state index contributed by atoms with van der Waals surface area (Å²) in [5.41, 5.74) is 0.773. The van der Waals surface area contributed by atoms with Crippen LogP contribution in [-0.2, 0) is 19.4 Å². The van der Waals surface area contributed by atoms with Crippen LogP contribution in [0.5, 0.6) is 0 Å². The normalized spacial score (nSPS) is 20.4. The third-order valence-electron chi connectivity index (χ3n) is 4.11. The van der Waals surface area contributed by atoms with E-state index in [0.29, 0.717) is 11.4 Å². The number of hydrogen-bond acceptors (Lipinski definition) is 4. The van der Waals surface area contributed by atoms with Crippen LogP contribution in [-0.4, -0.2) is 55.8 Å². The van der Waals surface area contributed by atoms with E-state index in [-0.39, 0.29) is 23.5 Å². The van der Waals surface area contributed by atoms with E-state index >= 15 is 0 Å². The highest BCUT2D eigenvalue weighted by molar-refractivity contribution is 7.91. The molecule has 1 aliphatic heterocycles. The number of benzene rings is 1. The number of nitrogens with one attached hydrogen (secondary N) is 1. The fourth-order valence-corrected chi connectivity index (χ4v) is 4.64. The molecule has 1 N–H and O–H groups in total. The van der Waals surface area contributed by atoms with Gasteiger partial charge >= 0.3 is 0 Å². The molecule has 0 aliphatic carbocycles. The molecular weight excluding hydrogens is 364 g/mol. The van der Waals surface area contributed by atoms with Gasteiger partial charge in [-0.3, -0.25) is 9.59 Å². The molecule has 2 rings (SSSR count). The number of sulfone groups is 1. The van der Waals surface area contributed by atoms with E-state index in [4.69, 9.17) is 11.6 Å². The molecule has 1 unspecified atom stereocenters. The van der Waals surface area contributed by atoms with Crippen LogP contribution in [0.2, 0.25) is 5.02 Å². The summed E-state index contributed by atoms with van der Waals surface area (Å²) in [6.07, 6.45) is 3.36. The number of carbonyl (C=O) groups is 2. The van der Waals surface area contributed by atoms with E-state index in [0.717, 1.165) is 5.56 Å². The average molecular weight is 385 g/mol. The fraction of sp³-hybridized carbons (Fsp3) is 0.412. The number of carbonyl (C=O) groups excluding carboxylic acids is 2. The van der Waals surface area contributed by atoms with Crippen molar-refractivity contribution < 1.29 is 18.0 Å². The minimum Gasteiger partial charge on any atom is -0.341 e. The molecule has 0 spiro atoms. The lowest BCUT2D eigenvalue weighted by Crippen LogP contribution is -2.49. The predicted octanol–water partition coefficient (Wildman–Crippen LogP) is 1.50. The molecule has 2 amide bonds. The van der Waals surface area contributed by atoms with Crippen molar-refractivity contribution in [3.63, 3.8) is 0 Å². The Morgan fingerprint density at radius 3 is 2.72 bits per heavy atom. The molecule has 6 nitrogen and oxygen atoms in total. The van der Waals surface area contributed by atoms with Crippen LogP contribution in [0.1, 0.15) is 18.9 Å².